The van der Waals surface area contributed by atoms with Gasteiger partial charge in [-0.3, -0.25) is 29.8 Å². The van der Waals surface area contributed by atoms with Gasteiger partial charge in [-0.1, -0.05) is 65.8 Å². The number of hydrogen-bond donors (Lipinski definition) is 2. The number of carbonyl (C=O) groups is 2. The van der Waals surface area contributed by atoms with Gasteiger partial charge in [0.1, 0.15) is 0 Å². The van der Waals surface area contributed by atoms with Gasteiger partial charge in [0.05, 0.1) is 22.7 Å². The molecule has 0 heterocycles. The summed E-state index contributed by atoms with van der Waals surface area (Å²) in [6.07, 6.45) is -0.536. The number of benzene rings is 2. The zero-order valence-electron chi connectivity index (χ0n) is 20.1. The largest absolute Gasteiger partial charge is 0.481 e. The van der Waals surface area contributed by atoms with Crippen molar-refractivity contribution in [1.82, 2.24) is 0 Å². The van der Waals surface area contributed by atoms with Crippen LogP contribution in [-0.2, 0) is 33.3 Å². The standard InChI is InChI=1S/2C12H15NO4/c1-12(2,3)9-5-4-8(6-11(14)15)10(7-9)13(16)17;1-12(2,3)9-5-4-8(7-11(14)15)6-10(9)13(16)17/h4-5,7H,6H2,1-3H3,(H,14,15);4-6H,7H2,1-3H3,(H,14,15). The van der Waals surface area contributed by atoms with E-state index in [1.165, 1.54) is 18.2 Å². The summed E-state index contributed by atoms with van der Waals surface area (Å²) in [4.78, 5) is 42.0. The van der Waals surface area contributed by atoms with Crippen LogP contribution in [0, 0.1) is 20.2 Å². The topological polar surface area (TPSA) is 161 Å². The summed E-state index contributed by atoms with van der Waals surface area (Å²) in [6.45, 7) is 11.5. The van der Waals surface area contributed by atoms with Crippen LogP contribution >= 0.6 is 0 Å². The van der Waals surface area contributed by atoms with Crippen molar-refractivity contribution in [3.8, 4) is 0 Å². The Balaban J connectivity index is 0.000000340. The van der Waals surface area contributed by atoms with Crippen molar-refractivity contribution in [1.29, 1.82) is 0 Å². The zero-order valence-corrected chi connectivity index (χ0v) is 20.1. The number of carboxylic acid groups (broad SMARTS) is 2. The van der Waals surface area contributed by atoms with E-state index >= 15 is 0 Å². The predicted molar refractivity (Wildman–Crippen MR) is 126 cm³/mol. The summed E-state index contributed by atoms with van der Waals surface area (Å²) in [5.74, 6) is -2.07. The van der Waals surface area contributed by atoms with Crippen molar-refractivity contribution in [3.05, 3.63) is 78.9 Å². The van der Waals surface area contributed by atoms with E-state index in [0.717, 1.165) is 5.56 Å². The van der Waals surface area contributed by atoms with Gasteiger partial charge in [0, 0.05) is 23.3 Å². The molecule has 0 aromatic heterocycles. The smallest absolute Gasteiger partial charge is 0.308 e. The molecule has 10 heteroatoms. The Labute approximate surface area is 197 Å². The van der Waals surface area contributed by atoms with Gasteiger partial charge < -0.3 is 10.2 Å². The van der Waals surface area contributed by atoms with Crippen molar-refractivity contribution < 1.29 is 29.6 Å². The van der Waals surface area contributed by atoms with Crippen LogP contribution < -0.4 is 0 Å². The molecule has 0 amide bonds. The highest BCUT2D eigenvalue weighted by Gasteiger charge is 2.25. The molecule has 2 rings (SSSR count). The fraction of sp³-hybridized carbons (Fsp3) is 0.417. The van der Waals surface area contributed by atoms with Crippen LogP contribution in [0.5, 0.6) is 0 Å². The fourth-order valence-corrected chi connectivity index (χ4v) is 3.16. The Hall–Kier alpha value is -3.82. The number of nitrogens with zero attached hydrogens (tertiary/aromatic N) is 2. The van der Waals surface area contributed by atoms with Crippen molar-refractivity contribution in [3.63, 3.8) is 0 Å². The third kappa shape index (κ3) is 8.27. The third-order valence-corrected chi connectivity index (χ3v) is 4.91. The molecule has 0 aliphatic carbocycles. The molecule has 10 nitrogen and oxygen atoms in total. The lowest BCUT2D eigenvalue weighted by atomic mass is 9.85. The minimum Gasteiger partial charge on any atom is -0.481 e. The third-order valence-electron chi connectivity index (χ3n) is 4.91. The second-order valence-corrected chi connectivity index (χ2v) is 9.85. The molecule has 0 aliphatic rings. The minimum absolute atomic E-state index is 0.0174. The van der Waals surface area contributed by atoms with Crippen molar-refractivity contribution >= 4 is 23.3 Å². The van der Waals surface area contributed by atoms with Gasteiger partial charge in [-0.15, -0.1) is 0 Å². The molecule has 0 fully saturated rings. The molecule has 34 heavy (non-hydrogen) atoms. The van der Waals surface area contributed by atoms with Gasteiger partial charge in [0.2, 0.25) is 0 Å². The highest BCUT2D eigenvalue weighted by atomic mass is 16.6. The van der Waals surface area contributed by atoms with Crippen molar-refractivity contribution in [2.45, 2.75) is 65.2 Å². The Morgan fingerprint density at radius 3 is 1.71 bits per heavy atom. The van der Waals surface area contributed by atoms with Gasteiger partial charge in [0.25, 0.3) is 11.4 Å². The first-order chi connectivity index (χ1) is 15.4. The second-order valence-electron chi connectivity index (χ2n) is 9.85. The first-order valence-corrected chi connectivity index (χ1v) is 10.4. The average Bonchev–Trinajstić information content (AvgIpc) is 2.65. The molecule has 2 aromatic carbocycles. The lowest BCUT2D eigenvalue weighted by Crippen LogP contribution is -2.14. The number of aliphatic carboxylic acids is 2. The van der Waals surface area contributed by atoms with E-state index in [4.69, 9.17) is 10.2 Å². The highest BCUT2D eigenvalue weighted by molar-refractivity contribution is 5.72. The monoisotopic (exact) mass is 474 g/mol. The van der Waals surface area contributed by atoms with Crippen LogP contribution in [0.2, 0.25) is 0 Å². The van der Waals surface area contributed by atoms with Crippen LogP contribution in [0.15, 0.2) is 36.4 Å². The van der Waals surface area contributed by atoms with Gasteiger partial charge in [0.15, 0.2) is 0 Å². The van der Waals surface area contributed by atoms with E-state index in [9.17, 15) is 29.8 Å². The molecule has 184 valence electrons. The van der Waals surface area contributed by atoms with E-state index in [1.807, 2.05) is 41.5 Å². The fourth-order valence-electron chi connectivity index (χ4n) is 3.16. The van der Waals surface area contributed by atoms with Gasteiger partial charge in [-0.2, -0.15) is 0 Å². The summed E-state index contributed by atoms with van der Waals surface area (Å²) in [6, 6.07) is 9.32. The van der Waals surface area contributed by atoms with Crippen molar-refractivity contribution in [2.75, 3.05) is 0 Å². The number of carboxylic acids is 2. The SMILES string of the molecule is CC(C)(C)c1ccc(CC(=O)O)c([N+](=O)[O-])c1.CC(C)(C)c1ccc(CC(=O)O)cc1[N+](=O)[O-]. The normalized spacial score (nSPS) is 11.2. The van der Waals surface area contributed by atoms with Gasteiger partial charge >= 0.3 is 11.9 Å². The Bertz CT molecular complexity index is 1100. The molecule has 0 radical (unpaired) electrons. The average molecular weight is 475 g/mol. The Morgan fingerprint density at radius 1 is 0.765 bits per heavy atom. The number of hydrogen-bond acceptors (Lipinski definition) is 6. The lowest BCUT2D eigenvalue weighted by molar-refractivity contribution is -0.386. The van der Waals surface area contributed by atoms with Crippen LogP contribution in [0.4, 0.5) is 11.4 Å². The molecule has 2 N–H and O–H groups in total. The van der Waals surface area contributed by atoms with Gasteiger partial charge in [-0.05, 0) is 22.0 Å². The summed E-state index contributed by atoms with van der Waals surface area (Å²) < 4.78 is 0. The van der Waals surface area contributed by atoms with E-state index in [-0.39, 0.29) is 40.6 Å². The molecular weight excluding hydrogens is 444 g/mol. The predicted octanol–water partition coefficient (Wildman–Crippen LogP) is 5.04. The molecule has 2 aromatic rings. The second kappa shape index (κ2) is 10.9. The molecule has 0 atom stereocenters. The maximum Gasteiger partial charge on any atom is 0.308 e. The Kier molecular flexibility index (Phi) is 9.02. The molecule has 0 spiro atoms. The Morgan fingerprint density at radius 2 is 1.29 bits per heavy atom. The van der Waals surface area contributed by atoms with Gasteiger partial charge in [-0.25, -0.2) is 0 Å². The van der Waals surface area contributed by atoms with Crippen LogP contribution in [0.3, 0.4) is 0 Å². The summed E-state index contributed by atoms with van der Waals surface area (Å²) >= 11 is 0. The number of nitro groups is 2. The zero-order chi connectivity index (χ0) is 26.4. The van der Waals surface area contributed by atoms with Crippen LogP contribution in [-0.4, -0.2) is 32.0 Å². The van der Waals surface area contributed by atoms with Crippen molar-refractivity contribution in [2.24, 2.45) is 0 Å². The molecule has 0 saturated heterocycles. The van der Waals surface area contributed by atoms with E-state index in [1.54, 1.807) is 18.2 Å². The number of nitro benzene ring substituents is 2. The van der Waals surface area contributed by atoms with E-state index in [2.05, 4.69) is 0 Å². The van der Waals surface area contributed by atoms with Crippen LogP contribution in [0.1, 0.15) is 63.8 Å². The number of rotatable bonds is 6. The summed E-state index contributed by atoms with van der Waals surface area (Å²) in [5, 5.41) is 39.2. The minimum atomic E-state index is -1.07. The van der Waals surface area contributed by atoms with E-state index in [0.29, 0.717) is 11.1 Å². The maximum atomic E-state index is 11.0. The highest BCUT2D eigenvalue weighted by Crippen LogP contribution is 2.32. The lowest BCUT2D eigenvalue weighted by Gasteiger charge is -2.19. The first kappa shape index (κ1) is 28.2. The van der Waals surface area contributed by atoms with Crippen LogP contribution in [0.25, 0.3) is 0 Å². The molecule has 0 aliphatic heterocycles. The summed E-state index contributed by atoms with van der Waals surface area (Å²) in [7, 11) is 0. The maximum absolute atomic E-state index is 11.0. The molecule has 0 bridgehead atoms. The quantitative estimate of drug-likeness (QED) is 0.435. The molecule has 0 unspecified atom stereocenters. The molecule has 0 saturated carbocycles. The molecular formula is C24H30N2O8. The first-order valence-electron chi connectivity index (χ1n) is 10.4. The van der Waals surface area contributed by atoms with E-state index < -0.39 is 21.8 Å². The summed E-state index contributed by atoms with van der Waals surface area (Å²) in [5.41, 5.74) is 1.41.